The van der Waals surface area contributed by atoms with Crippen LogP contribution in [-0.4, -0.2) is 14.2 Å². The summed E-state index contributed by atoms with van der Waals surface area (Å²) in [6, 6.07) is 3.64. The number of halogens is 2. The second-order valence-corrected chi connectivity index (χ2v) is 3.96. The molecule has 0 amide bonds. The lowest BCUT2D eigenvalue weighted by Crippen LogP contribution is -1.95. The highest BCUT2D eigenvalue weighted by Gasteiger charge is 2.12. The summed E-state index contributed by atoms with van der Waals surface area (Å²) in [6.45, 7) is 1.93. The lowest BCUT2D eigenvalue weighted by Gasteiger charge is -2.12. The van der Waals surface area contributed by atoms with Gasteiger partial charge in [-0.1, -0.05) is 0 Å². The van der Waals surface area contributed by atoms with Crippen molar-refractivity contribution in [1.82, 2.24) is 0 Å². The van der Waals surface area contributed by atoms with Gasteiger partial charge in [0.25, 0.3) is 0 Å². The number of alkyl halides is 2. The zero-order valence-corrected chi connectivity index (χ0v) is 9.82. The number of rotatable bonds is 3. The Morgan fingerprint density at radius 2 is 1.57 bits per heavy atom. The van der Waals surface area contributed by atoms with Crippen LogP contribution in [0, 0.1) is 6.92 Å². The largest absolute Gasteiger partial charge is 0.493 e. The van der Waals surface area contributed by atoms with E-state index in [4.69, 9.17) is 32.7 Å². The Bertz CT molecular complexity index is 324. The molecule has 0 aliphatic heterocycles. The summed E-state index contributed by atoms with van der Waals surface area (Å²) >= 11 is 11.6. The van der Waals surface area contributed by atoms with Gasteiger partial charge in [0.05, 0.1) is 14.2 Å². The molecule has 1 aromatic rings. The Labute approximate surface area is 93.7 Å². The van der Waals surface area contributed by atoms with Crippen LogP contribution in [0.4, 0.5) is 0 Å². The van der Waals surface area contributed by atoms with Crippen LogP contribution in [0.25, 0.3) is 0 Å². The first kappa shape index (κ1) is 11.5. The van der Waals surface area contributed by atoms with Gasteiger partial charge in [-0.2, -0.15) is 0 Å². The molecule has 0 aliphatic rings. The van der Waals surface area contributed by atoms with Crippen LogP contribution in [0.3, 0.4) is 0 Å². The van der Waals surface area contributed by atoms with Gasteiger partial charge in [-0.15, -0.1) is 23.2 Å². The monoisotopic (exact) mass is 234 g/mol. The van der Waals surface area contributed by atoms with Gasteiger partial charge >= 0.3 is 0 Å². The molecule has 1 aromatic carbocycles. The maximum absolute atomic E-state index is 5.80. The van der Waals surface area contributed by atoms with Crippen LogP contribution in [0.15, 0.2) is 12.1 Å². The minimum atomic E-state index is -0.546. The molecule has 78 valence electrons. The molecule has 0 N–H and O–H groups in total. The van der Waals surface area contributed by atoms with Gasteiger partial charge in [0.15, 0.2) is 11.5 Å². The molecule has 4 heteroatoms. The predicted octanol–water partition coefficient (Wildman–Crippen LogP) is 3.49. The molecule has 0 aliphatic carbocycles. The molecule has 0 saturated carbocycles. The number of hydrogen-bond acceptors (Lipinski definition) is 2. The van der Waals surface area contributed by atoms with E-state index in [0.717, 1.165) is 11.1 Å². The van der Waals surface area contributed by atoms with E-state index >= 15 is 0 Å². The Hall–Kier alpha value is -0.600. The Morgan fingerprint density at radius 3 is 2.00 bits per heavy atom. The number of methoxy groups -OCH3 is 2. The summed E-state index contributed by atoms with van der Waals surface area (Å²) in [5.41, 5.74) is 1.82. The maximum Gasteiger partial charge on any atom is 0.161 e. The van der Waals surface area contributed by atoms with Crippen molar-refractivity contribution in [3.63, 3.8) is 0 Å². The summed E-state index contributed by atoms with van der Waals surface area (Å²) in [5, 5.41) is 0. The quantitative estimate of drug-likeness (QED) is 0.746. The van der Waals surface area contributed by atoms with Crippen LogP contribution >= 0.6 is 23.2 Å². The summed E-state index contributed by atoms with van der Waals surface area (Å²) in [5.74, 6) is 1.32. The molecule has 1 rings (SSSR count). The van der Waals surface area contributed by atoms with Gasteiger partial charge in [-0.05, 0) is 30.2 Å². The fourth-order valence-electron chi connectivity index (χ4n) is 1.23. The number of aryl methyl sites for hydroxylation is 1. The fourth-order valence-corrected chi connectivity index (χ4v) is 1.70. The highest BCUT2D eigenvalue weighted by molar-refractivity contribution is 6.44. The highest BCUT2D eigenvalue weighted by atomic mass is 35.5. The third-order valence-electron chi connectivity index (χ3n) is 2.01. The topological polar surface area (TPSA) is 18.5 Å². The standard InChI is InChI=1S/C10H12Cl2O2/c1-6-4-8(13-2)9(14-3)5-7(6)10(11)12/h4-5,10H,1-3H3. The van der Waals surface area contributed by atoms with E-state index in [1.807, 2.05) is 13.0 Å². The Kier molecular flexibility index (Phi) is 3.90. The third-order valence-corrected chi connectivity index (χ3v) is 2.48. The first-order chi connectivity index (χ1) is 6.60. The molecule has 0 bridgehead atoms. The normalized spacial score (nSPS) is 10.4. The van der Waals surface area contributed by atoms with E-state index in [1.54, 1.807) is 20.3 Å². The van der Waals surface area contributed by atoms with E-state index in [2.05, 4.69) is 0 Å². The molecular weight excluding hydrogens is 223 g/mol. The SMILES string of the molecule is COc1cc(C)c(C(Cl)Cl)cc1OC. The highest BCUT2D eigenvalue weighted by Crippen LogP contribution is 2.36. The first-order valence-electron chi connectivity index (χ1n) is 4.10. The molecular formula is C10H12Cl2O2. The molecule has 0 heterocycles. The zero-order chi connectivity index (χ0) is 10.7. The van der Waals surface area contributed by atoms with Gasteiger partial charge < -0.3 is 9.47 Å². The number of benzene rings is 1. The predicted molar refractivity (Wildman–Crippen MR) is 58.7 cm³/mol. The van der Waals surface area contributed by atoms with Crippen LogP contribution < -0.4 is 9.47 Å². The molecule has 0 saturated heterocycles. The molecule has 0 spiro atoms. The lowest BCUT2D eigenvalue weighted by molar-refractivity contribution is 0.354. The van der Waals surface area contributed by atoms with Gasteiger partial charge in [-0.25, -0.2) is 0 Å². The summed E-state index contributed by atoms with van der Waals surface area (Å²) < 4.78 is 10.3. The van der Waals surface area contributed by atoms with E-state index < -0.39 is 4.84 Å². The first-order valence-corrected chi connectivity index (χ1v) is 4.98. The third kappa shape index (κ3) is 2.25. The Balaban J connectivity index is 3.23. The molecule has 0 atom stereocenters. The van der Waals surface area contributed by atoms with E-state index in [0.29, 0.717) is 11.5 Å². The molecule has 0 aromatic heterocycles. The average Bonchev–Trinajstić information content (AvgIpc) is 2.16. The van der Waals surface area contributed by atoms with Crippen molar-refractivity contribution in [2.75, 3.05) is 14.2 Å². The van der Waals surface area contributed by atoms with E-state index in [-0.39, 0.29) is 0 Å². The van der Waals surface area contributed by atoms with Crippen molar-refractivity contribution >= 4 is 23.2 Å². The second-order valence-electron chi connectivity index (χ2n) is 2.86. The van der Waals surface area contributed by atoms with Gasteiger partial charge in [0.1, 0.15) is 4.84 Å². The average molecular weight is 235 g/mol. The van der Waals surface area contributed by atoms with Crippen molar-refractivity contribution in [2.45, 2.75) is 11.8 Å². The molecule has 0 fully saturated rings. The maximum atomic E-state index is 5.80. The van der Waals surface area contributed by atoms with Crippen molar-refractivity contribution in [1.29, 1.82) is 0 Å². The van der Waals surface area contributed by atoms with Crippen LogP contribution in [0.1, 0.15) is 16.0 Å². The number of hydrogen-bond donors (Lipinski definition) is 0. The van der Waals surface area contributed by atoms with Crippen molar-refractivity contribution < 1.29 is 9.47 Å². The second kappa shape index (κ2) is 4.76. The van der Waals surface area contributed by atoms with E-state index in [1.165, 1.54) is 0 Å². The zero-order valence-electron chi connectivity index (χ0n) is 8.30. The van der Waals surface area contributed by atoms with Crippen molar-refractivity contribution in [3.05, 3.63) is 23.3 Å². The van der Waals surface area contributed by atoms with Crippen molar-refractivity contribution in [2.24, 2.45) is 0 Å². The Morgan fingerprint density at radius 1 is 1.07 bits per heavy atom. The molecule has 2 nitrogen and oxygen atoms in total. The van der Waals surface area contributed by atoms with Crippen molar-refractivity contribution in [3.8, 4) is 11.5 Å². The van der Waals surface area contributed by atoms with Crippen LogP contribution in [0.2, 0.25) is 0 Å². The summed E-state index contributed by atoms with van der Waals surface area (Å²) in [4.78, 5) is -0.546. The molecule has 0 radical (unpaired) electrons. The minimum Gasteiger partial charge on any atom is -0.493 e. The summed E-state index contributed by atoms with van der Waals surface area (Å²) in [7, 11) is 3.17. The molecule has 0 unspecified atom stereocenters. The van der Waals surface area contributed by atoms with Gasteiger partial charge in [0, 0.05) is 0 Å². The van der Waals surface area contributed by atoms with Crippen LogP contribution in [0.5, 0.6) is 11.5 Å². The van der Waals surface area contributed by atoms with E-state index in [9.17, 15) is 0 Å². The van der Waals surface area contributed by atoms with Gasteiger partial charge in [0.2, 0.25) is 0 Å². The van der Waals surface area contributed by atoms with Crippen LogP contribution in [-0.2, 0) is 0 Å². The summed E-state index contributed by atoms with van der Waals surface area (Å²) in [6.07, 6.45) is 0. The smallest absolute Gasteiger partial charge is 0.161 e. The fraction of sp³-hybridized carbons (Fsp3) is 0.400. The lowest BCUT2D eigenvalue weighted by atomic mass is 10.1. The van der Waals surface area contributed by atoms with Gasteiger partial charge in [-0.3, -0.25) is 0 Å². The molecule has 14 heavy (non-hydrogen) atoms. The number of ether oxygens (including phenoxy) is 2. The minimum absolute atomic E-state index is 0.546.